The molecule has 0 N–H and O–H groups in total. The SMILES string of the molecule is CCn1cc(OCc2ccc(C(=O)OC)cn2)cn1. The van der Waals surface area contributed by atoms with Gasteiger partial charge in [0.25, 0.3) is 0 Å². The maximum atomic E-state index is 11.2. The van der Waals surface area contributed by atoms with Gasteiger partial charge in [0.1, 0.15) is 6.61 Å². The normalized spacial score (nSPS) is 10.2. The van der Waals surface area contributed by atoms with Crippen LogP contribution in [0, 0.1) is 0 Å². The van der Waals surface area contributed by atoms with E-state index in [-0.39, 0.29) is 0 Å². The molecule has 0 aliphatic heterocycles. The van der Waals surface area contributed by atoms with Gasteiger partial charge < -0.3 is 9.47 Å². The average molecular weight is 261 g/mol. The van der Waals surface area contributed by atoms with Gasteiger partial charge in [-0.3, -0.25) is 9.67 Å². The average Bonchev–Trinajstić information content (AvgIpc) is 2.93. The first-order valence-corrected chi connectivity index (χ1v) is 5.91. The number of nitrogens with zero attached hydrogens (tertiary/aromatic N) is 3. The molecule has 0 fully saturated rings. The summed E-state index contributed by atoms with van der Waals surface area (Å²) in [4.78, 5) is 15.4. The second-order valence-corrected chi connectivity index (χ2v) is 3.85. The lowest BCUT2D eigenvalue weighted by molar-refractivity contribution is 0.0600. The van der Waals surface area contributed by atoms with E-state index in [0.29, 0.717) is 17.9 Å². The lowest BCUT2D eigenvalue weighted by atomic mass is 10.2. The number of esters is 1. The Balaban J connectivity index is 1.94. The van der Waals surface area contributed by atoms with Crippen molar-refractivity contribution in [3.05, 3.63) is 42.0 Å². The third kappa shape index (κ3) is 3.31. The van der Waals surface area contributed by atoms with Crippen LogP contribution in [0.1, 0.15) is 23.0 Å². The fourth-order valence-electron chi connectivity index (χ4n) is 1.50. The van der Waals surface area contributed by atoms with E-state index in [0.717, 1.165) is 12.2 Å². The summed E-state index contributed by atoms with van der Waals surface area (Å²) in [5.41, 5.74) is 1.15. The predicted molar refractivity (Wildman–Crippen MR) is 67.8 cm³/mol. The Morgan fingerprint density at radius 3 is 2.79 bits per heavy atom. The monoisotopic (exact) mass is 261 g/mol. The molecule has 0 saturated heterocycles. The maximum absolute atomic E-state index is 11.2. The molecule has 0 aliphatic carbocycles. The summed E-state index contributed by atoms with van der Waals surface area (Å²) in [5, 5.41) is 4.11. The van der Waals surface area contributed by atoms with Gasteiger partial charge in [-0.2, -0.15) is 5.10 Å². The largest absolute Gasteiger partial charge is 0.484 e. The van der Waals surface area contributed by atoms with E-state index >= 15 is 0 Å². The van der Waals surface area contributed by atoms with E-state index in [4.69, 9.17) is 4.74 Å². The summed E-state index contributed by atoms with van der Waals surface area (Å²) in [5.74, 6) is 0.296. The second kappa shape index (κ2) is 5.99. The molecule has 6 heteroatoms. The highest BCUT2D eigenvalue weighted by molar-refractivity contribution is 5.88. The number of carbonyl (C=O) groups excluding carboxylic acids is 1. The van der Waals surface area contributed by atoms with Crippen LogP contribution in [-0.2, 0) is 17.9 Å². The van der Waals surface area contributed by atoms with E-state index < -0.39 is 5.97 Å². The number of methoxy groups -OCH3 is 1. The summed E-state index contributed by atoms with van der Waals surface area (Å²) in [7, 11) is 1.34. The highest BCUT2D eigenvalue weighted by Gasteiger charge is 2.06. The first kappa shape index (κ1) is 13.1. The summed E-state index contributed by atoms with van der Waals surface area (Å²) in [6.07, 6.45) is 4.95. The van der Waals surface area contributed by atoms with Crippen molar-refractivity contribution in [3.63, 3.8) is 0 Å². The van der Waals surface area contributed by atoms with Crippen molar-refractivity contribution < 1.29 is 14.3 Å². The van der Waals surface area contributed by atoms with Crippen LogP contribution in [0.4, 0.5) is 0 Å². The lowest BCUT2D eigenvalue weighted by Crippen LogP contribution is -2.04. The Morgan fingerprint density at radius 2 is 2.21 bits per heavy atom. The maximum Gasteiger partial charge on any atom is 0.339 e. The van der Waals surface area contributed by atoms with Crippen LogP contribution in [0.15, 0.2) is 30.7 Å². The molecular formula is C13H15N3O3. The summed E-state index contributed by atoms with van der Waals surface area (Å²) in [6, 6.07) is 3.39. The van der Waals surface area contributed by atoms with Gasteiger partial charge in [0.05, 0.1) is 30.8 Å². The Kier molecular flexibility index (Phi) is 4.12. The van der Waals surface area contributed by atoms with Crippen molar-refractivity contribution in [2.24, 2.45) is 0 Å². The van der Waals surface area contributed by atoms with Crippen LogP contribution in [0.5, 0.6) is 5.75 Å². The van der Waals surface area contributed by atoms with E-state index in [1.165, 1.54) is 13.3 Å². The number of aryl methyl sites for hydroxylation is 1. The molecule has 0 unspecified atom stereocenters. The molecular weight excluding hydrogens is 246 g/mol. The van der Waals surface area contributed by atoms with E-state index in [9.17, 15) is 4.79 Å². The number of carbonyl (C=O) groups is 1. The van der Waals surface area contributed by atoms with Gasteiger partial charge in [0.2, 0.25) is 0 Å². The zero-order chi connectivity index (χ0) is 13.7. The van der Waals surface area contributed by atoms with Gasteiger partial charge in [-0.1, -0.05) is 0 Å². The molecule has 0 radical (unpaired) electrons. The Morgan fingerprint density at radius 1 is 1.37 bits per heavy atom. The van der Waals surface area contributed by atoms with Gasteiger partial charge >= 0.3 is 5.97 Å². The molecule has 2 rings (SSSR count). The molecule has 0 amide bonds. The first-order chi connectivity index (χ1) is 9.22. The molecule has 2 aromatic heterocycles. The van der Waals surface area contributed by atoms with Gasteiger partial charge in [0, 0.05) is 12.7 Å². The molecule has 0 spiro atoms. The van der Waals surface area contributed by atoms with Crippen LogP contribution < -0.4 is 4.74 Å². The van der Waals surface area contributed by atoms with Gasteiger partial charge in [-0.05, 0) is 19.1 Å². The smallest absolute Gasteiger partial charge is 0.339 e. The zero-order valence-electron chi connectivity index (χ0n) is 10.9. The first-order valence-electron chi connectivity index (χ1n) is 5.91. The van der Waals surface area contributed by atoms with Crippen LogP contribution in [0.25, 0.3) is 0 Å². The summed E-state index contributed by atoms with van der Waals surface area (Å²) in [6.45, 7) is 3.14. The molecule has 19 heavy (non-hydrogen) atoms. The molecule has 2 heterocycles. The number of rotatable bonds is 5. The topological polar surface area (TPSA) is 66.2 Å². The number of pyridine rings is 1. The Hall–Kier alpha value is -2.37. The van der Waals surface area contributed by atoms with Crippen LogP contribution >= 0.6 is 0 Å². The predicted octanol–water partition coefficient (Wildman–Crippen LogP) is 1.66. The van der Waals surface area contributed by atoms with Crippen LogP contribution in [0.2, 0.25) is 0 Å². The minimum atomic E-state index is -0.399. The number of aromatic nitrogens is 3. The minimum absolute atomic E-state index is 0.330. The standard InChI is InChI=1S/C13H15N3O3/c1-3-16-8-12(7-15-16)19-9-11-5-4-10(6-14-11)13(17)18-2/h4-8H,3,9H2,1-2H3. The molecule has 0 aliphatic rings. The third-order valence-electron chi connectivity index (χ3n) is 2.57. The number of ether oxygens (including phenoxy) is 2. The fraction of sp³-hybridized carbons (Fsp3) is 0.308. The van der Waals surface area contributed by atoms with Crippen molar-refractivity contribution in [2.75, 3.05) is 7.11 Å². The Labute approximate surface area is 111 Å². The van der Waals surface area contributed by atoms with E-state index in [1.54, 1.807) is 23.0 Å². The van der Waals surface area contributed by atoms with Crippen molar-refractivity contribution >= 4 is 5.97 Å². The lowest BCUT2D eigenvalue weighted by Gasteiger charge is -2.03. The Bertz CT molecular complexity index is 549. The minimum Gasteiger partial charge on any atom is -0.484 e. The molecule has 0 saturated carbocycles. The highest BCUT2D eigenvalue weighted by atomic mass is 16.5. The van der Waals surface area contributed by atoms with Crippen molar-refractivity contribution in [3.8, 4) is 5.75 Å². The van der Waals surface area contributed by atoms with Crippen LogP contribution in [0.3, 0.4) is 0 Å². The van der Waals surface area contributed by atoms with E-state index in [1.807, 2.05) is 13.1 Å². The zero-order valence-corrected chi connectivity index (χ0v) is 10.9. The molecule has 0 atom stereocenters. The molecule has 2 aromatic rings. The van der Waals surface area contributed by atoms with Crippen molar-refractivity contribution in [2.45, 2.75) is 20.1 Å². The quantitative estimate of drug-likeness (QED) is 0.766. The number of hydrogen-bond donors (Lipinski definition) is 0. The molecule has 0 aromatic carbocycles. The second-order valence-electron chi connectivity index (χ2n) is 3.85. The van der Waals surface area contributed by atoms with Crippen molar-refractivity contribution in [1.29, 1.82) is 0 Å². The van der Waals surface area contributed by atoms with Crippen molar-refractivity contribution in [1.82, 2.24) is 14.8 Å². The third-order valence-corrected chi connectivity index (χ3v) is 2.57. The van der Waals surface area contributed by atoms with Crippen LogP contribution in [-0.4, -0.2) is 27.8 Å². The van der Waals surface area contributed by atoms with Gasteiger partial charge in [0.15, 0.2) is 5.75 Å². The summed E-state index contributed by atoms with van der Waals surface area (Å²) >= 11 is 0. The van der Waals surface area contributed by atoms with E-state index in [2.05, 4.69) is 14.8 Å². The summed E-state index contributed by atoms with van der Waals surface area (Å²) < 4.78 is 11.9. The molecule has 0 bridgehead atoms. The number of hydrogen-bond acceptors (Lipinski definition) is 5. The van der Waals surface area contributed by atoms with Gasteiger partial charge in [-0.15, -0.1) is 0 Å². The highest BCUT2D eigenvalue weighted by Crippen LogP contribution is 2.11. The van der Waals surface area contributed by atoms with Gasteiger partial charge in [-0.25, -0.2) is 4.79 Å². The molecule has 100 valence electrons. The molecule has 6 nitrogen and oxygen atoms in total. The fourth-order valence-corrected chi connectivity index (χ4v) is 1.50.